The van der Waals surface area contributed by atoms with E-state index < -0.39 is 0 Å². The molecule has 0 saturated carbocycles. The van der Waals surface area contributed by atoms with Gasteiger partial charge < -0.3 is 15.7 Å². The number of carbonyl (C=O) groups is 1. The number of aliphatic hydroxyl groups excluding tert-OH is 1. The van der Waals surface area contributed by atoms with Crippen molar-refractivity contribution in [2.24, 2.45) is 0 Å². The molecular weight excluding hydrogens is 218 g/mol. The number of pyridine rings is 1. The Morgan fingerprint density at radius 3 is 2.82 bits per heavy atom. The number of anilines is 1. The Hall–Kier alpha value is -1.62. The highest BCUT2D eigenvalue weighted by Gasteiger charge is 2.10. The van der Waals surface area contributed by atoms with E-state index in [2.05, 4.69) is 4.98 Å². The first-order valence-corrected chi connectivity index (χ1v) is 5.61. The summed E-state index contributed by atoms with van der Waals surface area (Å²) in [5.41, 5.74) is 6.80. The van der Waals surface area contributed by atoms with Gasteiger partial charge in [-0.3, -0.25) is 9.78 Å². The molecule has 1 heterocycles. The number of nitrogens with two attached hydrogens (primary N) is 1. The lowest BCUT2D eigenvalue weighted by Crippen LogP contribution is -2.30. The van der Waals surface area contributed by atoms with Crippen molar-refractivity contribution < 1.29 is 9.90 Å². The number of rotatable bonds is 5. The molecule has 0 saturated heterocycles. The molecule has 3 N–H and O–H groups in total. The molecule has 17 heavy (non-hydrogen) atoms. The Labute approximate surface area is 101 Å². The fourth-order valence-electron chi connectivity index (χ4n) is 1.34. The highest BCUT2D eigenvalue weighted by Crippen LogP contribution is 2.04. The van der Waals surface area contributed by atoms with Gasteiger partial charge in [0.1, 0.15) is 0 Å². The lowest BCUT2D eigenvalue weighted by molar-refractivity contribution is -0.129. The summed E-state index contributed by atoms with van der Waals surface area (Å²) in [5.74, 6) is -0.0112. The molecule has 5 heteroatoms. The van der Waals surface area contributed by atoms with Gasteiger partial charge in [-0.2, -0.15) is 0 Å². The summed E-state index contributed by atoms with van der Waals surface area (Å²) in [4.78, 5) is 17.5. The number of aliphatic hydroxyl groups is 1. The van der Waals surface area contributed by atoms with Gasteiger partial charge in [0.25, 0.3) is 0 Å². The van der Waals surface area contributed by atoms with Gasteiger partial charge in [0, 0.05) is 19.3 Å². The van der Waals surface area contributed by atoms with Crippen LogP contribution in [-0.4, -0.2) is 40.6 Å². The van der Waals surface area contributed by atoms with Crippen LogP contribution in [0.25, 0.3) is 0 Å². The first kappa shape index (κ1) is 13.4. The zero-order chi connectivity index (χ0) is 12.8. The number of aromatic nitrogens is 1. The van der Waals surface area contributed by atoms with Crippen molar-refractivity contribution in [3.05, 3.63) is 24.0 Å². The number of carbonyl (C=O) groups excluding carboxylic acids is 1. The van der Waals surface area contributed by atoms with Crippen molar-refractivity contribution in [3.63, 3.8) is 0 Å². The average Bonchev–Trinajstić information content (AvgIpc) is 2.28. The highest BCUT2D eigenvalue weighted by molar-refractivity contribution is 5.78. The molecule has 0 aliphatic rings. The van der Waals surface area contributed by atoms with Gasteiger partial charge in [0.2, 0.25) is 5.91 Å². The third-order valence-electron chi connectivity index (χ3n) is 2.49. The Morgan fingerprint density at radius 2 is 2.29 bits per heavy atom. The lowest BCUT2D eigenvalue weighted by atomic mass is 10.2. The maximum absolute atomic E-state index is 11.8. The molecule has 1 amide bonds. The second-order valence-corrected chi connectivity index (χ2v) is 4.21. The molecule has 0 aliphatic carbocycles. The molecule has 1 atom stereocenters. The van der Waals surface area contributed by atoms with E-state index in [1.165, 1.54) is 0 Å². The van der Waals surface area contributed by atoms with E-state index in [-0.39, 0.29) is 18.4 Å². The molecular formula is C12H19N3O2. The lowest BCUT2D eigenvalue weighted by Gasteiger charge is -2.17. The van der Waals surface area contributed by atoms with Crippen LogP contribution in [0.5, 0.6) is 0 Å². The summed E-state index contributed by atoms with van der Waals surface area (Å²) in [6.07, 6.45) is 1.99. The summed E-state index contributed by atoms with van der Waals surface area (Å²) in [5, 5.41) is 9.14. The number of hydrogen-bond donors (Lipinski definition) is 2. The Kier molecular flexibility index (Phi) is 4.90. The molecule has 0 aliphatic heterocycles. The van der Waals surface area contributed by atoms with Crippen LogP contribution in [0.2, 0.25) is 0 Å². The van der Waals surface area contributed by atoms with Crippen LogP contribution in [0.1, 0.15) is 19.0 Å². The van der Waals surface area contributed by atoms with Crippen molar-refractivity contribution in [1.29, 1.82) is 0 Å². The number of nitrogen functional groups attached to an aromatic ring is 1. The number of hydrogen-bond acceptors (Lipinski definition) is 4. The molecule has 5 nitrogen and oxygen atoms in total. The van der Waals surface area contributed by atoms with Crippen molar-refractivity contribution in [3.8, 4) is 0 Å². The van der Waals surface area contributed by atoms with E-state index in [4.69, 9.17) is 10.8 Å². The standard InChI is InChI=1S/C12H19N3O2/c1-9(16)5-6-15(2)12(17)7-11-4-3-10(13)8-14-11/h3-4,8-9,16H,5-7,13H2,1-2H3. The van der Waals surface area contributed by atoms with Crippen molar-refractivity contribution in [1.82, 2.24) is 9.88 Å². The fourth-order valence-corrected chi connectivity index (χ4v) is 1.34. The van der Waals surface area contributed by atoms with Crippen molar-refractivity contribution in [2.75, 3.05) is 19.3 Å². The van der Waals surface area contributed by atoms with Crippen LogP contribution in [0, 0.1) is 0 Å². The maximum Gasteiger partial charge on any atom is 0.228 e. The summed E-state index contributed by atoms with van der Waals surface area (Å²) >= 11 is 0. The second-order valence-electron chi connectivity index (χ2n) is 4.21. The van der Waals surface area contributed by atoms with E-state index in [0.29, 0.717) is 24.3 Å². The topological polar surface area (TPSA) is 79.5 Å². The molecule has 1 aromatic rings. The molecule has 0 aromatic carbocycles. The summed E-state index contributed by atoms with van der Waals surface area (Å²) < 4.78 is 0. The van der Waals surface area contributed by atoms with Crippen LogP contribution >= 0.6 is 0 Å². The minimum absolute atomic E-state index is 0.0112. The minimum atomic E-state index is -0.389. The normalized spacial score (nSPS) is 12.2. The largest absolute Gasteiger partial charge is 0.397 e. The van der Waals surface area contributed by atoms with Crippen LogP contribution < -0.4 is 5.73 Å². The smallest absolute Gasteiger partial charge is 0.228 e. The molecule has 0 spiro atoms. The molecule has 1 aromatic heterocycles. The zero-order valence-corrected chi connectivity index (χ0v) is 10.3. The SMILES string of the molecule is CC(O)CCN(C)C(=O)Cc1ccc(N)cn1. The van der Waals surface area contributed by atoms with Gasteiger partial charge >= 0.3 is 0 Å². The molecule has 0 radical (unpaired) electrons. The molecule has 0 fully saturated rings. The Bertz CT molecular complexity index is 363. The van der Waals surface area contributed by atoms with Crippen molar-refractivity contribution >= 4 is 11.6 Å². The first-order chi connectivity index (χ1) is 7.99. The van der Waals surface area contributed by atoms with E-state index in [0.717, 1.165) is 0 Å². The van der Waals surface area contributed by atoms with Crippen LogP contribution in [-0.2, 0) is 11.2 Å². The summed E-state index contributed by atoms with van der Waals surface area (Å²) in [6, 6.07) is 3.47. The monoisotopic (exact) mass is 237 g/mol. The predicted octanol–water partition coefficient (Wildman–Crippen LogP) is 0.436. The Morgan fingerprint density at radius 1 is 1.59 bits per heavy atom. The Balaban J connectivity index is 2.45. The first-order valence-electron chi connectivity index (χ1n) is 5.61. The third kappa shape index (κ3) is 4.82. The number of likely N-dealkylation sites (N-methyl/N-ethyl adjacent to an activating group) is 1. The minimum Gasteiger partial charge on any atom is -0.397 e. The predicted molar refractivity (Wildman–Crippen MR) is 66.3 cm³/mol. The van der Waals surface area contributed by atoms with Crippen LogP contribution in [0.4, 0.5) is 5.69 Å². The average molecular weight is 237 g/mol. The van der Waals surface area contributed by atoms with Gasteiger partial charge in [-0.1, -0.05) is 0 Å². The van der Waals surface area contributed by atoms with Gasteiger partial charge in [-0.05, 0) is 25.5 Å². The molecule has 94 valence electrons. The van der Waals surface area contributed by atoms with Crippen LogP contribution in [0.3, 0.4) is 0 Å². The number of amides is 1. The molecule has 0 bridgehead atoms. The van der Waals surface area contributed by atoms with Crippen molar-refractivity contribution in [2.45, 2.75) is 25.9 Å². The van der Waals surface area contributed by atoms with Crippen LogP contribution in [0.15, 0.2) is 18.3 Å². The third-order valence-corrected chi connectivity index (χ3v) is 2.49. The number of nitrogens with zero attached hydrogens (tertiary/aromatic N) is 2. The van der Waals surface area contributed by atoms with E-state index in [1.807, 2.05) is 0 Å². The van der Waals surface area contributed by atoms with Gasteiger partial charge in [0.15, 0.2) is 0 Å². The second kappa shape index (κ2) is 6.20. The van der Waals surface area contributed by atoms with Gasteiger partial charge in [-0.15, -0.1) is 0 Å². The van der Waals surface area contributed by atoms with E-state index in [9.17, 15) is 4.79 Å². The molecule has 1 unspecified atom stereocenters. The quantitative estimate of drug-likeness (QED) is 0.778. The van der Waals surface area contributed by atoms with E-state index >= 15 is 0 Å². The van der Waals surface area contributed by atoms with Gasteiger partial charge in [0.05, 0.1) is 24.4 Å². The van der Waals surface area contributed by atoms with Gasteiger partial charge in [-0.25, -0.2) is 0 Å². The summed E-state index contributed by atoms with van der Waals surface area (Å²) in [7, 11) is 1.72. The summed E-state index contributed by atoms with van der Waals surface area (Å²) in [6.45, 7) is 2.26. The molecule has 1 rings (SSSR count). The highest BCUT2D eigenvalue weighted by atomic mass is 16.3. The maximum atomic E-state index is 11.8. The van der Waals surface area contributed by atoms with E-state index in [1.54, 1.807) is 37.2 Å². The fraction of sp³-hybridized carbons (Fsp3) is 0.500. The zero-order valence-electron chi connectivity index (χ0n) is 10.3.